The van der Waals surface area contributed by atoms with Gasteiger partial charge in [0.25, 0.3) is 0 Å². The number of aliphatic hydroxyl groups is 1. The van der Waals surface area contributed by atoms with Crippen LogP contribution in [0.15, 0.2) is 36.5 Å². The van der Waals surface area contributed by atoms with E-state index in [-0.39, 0.29) is 17.9 Å². The maximum atomic E-state index is 9.54. The highest BCUT2D eigenvalue weighted by Crippen LogP contribution is 2.24. The molecule has 1 aromatic heterocycles. The van der Waals surface area contributed by atoms with Gasteiger partial charge in [-0.25, -0.2) is 4.98 Å². The first kappa shape index (κ1) is 14.5. The monoisotopic (exact) mass is 294 g/mol. The maximum Gasteiger partial charge on any atom is 0.224 e. The molecule has 106 valence electrons. The van der Waals surface area contributed by atoms with E-state index in [4.69, 9.17) is 16.4 Å². The highest BCUT2D eigenvalue weighted by Gasteiger charge is 2.14. The third-order valence-corrected chi connectivity index (χ3v) is 2.85. The lowest BCUT2D eigenvalue weighted by Gasteiger charge is -2.19. The van der Waals surface area contributed by atoms with Crippen molar-refractivity contribution in [2.75, 3.05) is 24.5 Å². The molecule has 0 saturated heterocycles. The van der Waals surface area contributed by atoms with Crippen LogP contribution in [0.3, 0.4) is 0 Å². The van der Waals surface area contributed by atoms with Gasteiger partial charge in [-0.15, -0.1) is 0 Å². The van der Waals surface area contributed by atoms with Crippen molar-refractivity contribution in [1.29, 1.82) is 0 Å². The summed E-state index contributed by atoms with van der Waals surface area (Å²) >= 11 is 5.80. The normalized spacial score (nSPS) is 11.9. The molecule has 0 aliphatic heterocycles. The first-order chi connectivity index (χ1) is 9.74. The van der Waals surface area contributed by atoms with Crippen LogP contribution in [-0.4, -0.2) is 28.8 Å². The average molecular weight is 295 g/mol. The molecule has 6 nitrogen and oxygen atoms in total. The van der Waals surface area contributed by atoms with Crippen molar-refractivity contribution in [3.8, 4) is 0 Å². The molecule has 0 fully saturated rings. The molecule has 1 unspecified atom stereocenters. The zero-order valence-electron chi connectivity index (χ0n) is 10.9. The maximum absolute atomic E-state index is 9.54. The van der Waals surface area contributed by atoms with E-state index in [2.05, 4.69) is 20.8 Å². The average Bonchev–Trinajstić information content (AvgIpc) is 2.48. The first-order valence-electron chi connectivity index (χ1n) is 5.98. The highest BCUT2D eigenvalue weighted by molar-refractivity contribution is 6.28. The minimum absolute atomic E-state index is 0.0853. The molecule has 0 spiro atoms. The van der Waals surface area contributed by atoms with Gasteiger partial charge in [0.05, 0.1) is 26.0 Å². The van der Waals surface area contributed by atoms with E-state index in [9.17, 15) is 5.11 Å². The van der Waals surface area contributed by atoms with Crippen LogP contribution in [-0.2, 0) is 4.84 Å². The summed E-state index contributed by atoms with van der Waals surface area (Å²) < 4.78 is 0. The smallest absolute Gasteiger partial charge is 0.224 e. The van der Waals surface area contributed by atoms with E-state index in [0.717, 1.165) is 5.56 Å². The Morgan fingerprint density at radius 1 is 1.35 bits per heavy atom. The summed E-state index contributed by atoms with van der Waals surface area (Å²) in [6, 6.07) is 9.25. The van der Waals surface area contributed by atoms with Gasteiger partial charge in [-0.05, 0) is 17.2 Å². The second-order valence-electron chi connectivity index (χ2n) is 4.00. The molecule has 0 aliphatic rings. The summed E-state index contributed by atoms with van der Waals surface area (Å²) in [6.07, 6.45) is 1.50. The highest BCUT2D eigenvalue weighted by atomic mass is 35.5. The molecule has 3 N–H and O–H groups in total. The van der Waals surface area contributed by atoms with Crippen LogP contribution in [0.1, 0.15) is 11.6 Å². The Kier molecular flexibility index (Phi) is 5.11. The SMILES string of the molecule is CONc1cnc(Cl)nc1NC(CO)c1ccccc1. The zero-order chi connectivity index (χ0) is 14.4. The standard InChI is InChI=1S/C13H15ClN4O2/c1-20-18-10-7-15-13(14)17-12(10)16-11(8-19)9-5-3-2-4-6-9/h2-7,11,18-19H,8H2,1H3,(H,15,16,17). The summed E-state index contributed by atoms with van der Waals surface area (Å²) in [5.74, 6) is 0.453. The minimum atomic E-state index is -0.306. The van der Waals surface area contributed by atoms with Crippen LogP contribution < -0.4 is 10.8 Å². The Labute approximate surface area is 121 Å². The number of anilines is 2. The van der Waals surface area contributed by atoms with Crippen molar-refractivity contribution in [2.24, 2.45) is 0 Å². The van der Waals surface area contributed by atoms with Gasteiger partial charge in [-0.2, -0.15) is 4.98 Å². The molecule has 1 atom stereocenters. The number of aromatic nitrogens is 2. The van der Waals surface area contributed by atoms with Crippen molar-refractivity contribution < 1.29 is 9.94 Å². The third-order valence-electron chi connectivity index (χ3n) is 2.67. The lowest BCUT2D eigenvalue weighted by Crippen LogP contribution is -2.17. The summed E-state index contributed by atoms with van der Waals surface area (Å²) in [5.41, 5.74) is 4.13. The quantitative estimate of drug-likeness (QED) is 0.560. The lowest BCUT2D eigenvalue weighted by atomic mass is 10.1. The van der Waals surface area contributed by atoms with Crippen molar-refractivity contribution in [2.45, 2.75) is 6.04 Å². The summed E-state index contributed by atoms with van der Waals surface area (Å²) in [7, 11) is 1.49. The fraction of sp³-hybridized carbons (Fsp3) is 0.231. The Hall–Kier alpha value is -1.89. The van der Waals surface area contributed by atoms with Gasteiger partial charge in [-0.1, -0.05) is 30.3 Å². The molecule has 0 radical (unpaired) electrons. The number of rotatable bonds is 6. The fourth-order valence-corrected chi connectivity index (χ4v) is 1.87. The third kappa shape index (κ3) is 3.57. The predicted molar refractivity (Wildman–Crippen MR) is 77.6 cm³/mol. The van der Waals surface area contributed by atoms with E-state index < -0.39 is 0 Å². The first-order valence-corrected chi connectivity index (χ1v) is 6.36. The van der Waals surface area contributed by atoms with Crippen LogP contribution in [0.5, 0.6) is 0 Å². The van der Waals surface area contributed by atoms with Crippen LogP contribution in [0.4, 0.5) is 11.5 Å². The molecule has 0 saturated carbocycles. The number of aliphatic hydroxyl groups excluding tert-OH is 1. The molecule has 1 heterocycles. The van der Waals surface area contributed by atoms with Gasteiger partial charge < -0.3 is 10.4 Å². The Balaban J connectivity index is 2.25. The van der Waals surface area contributed by atoms with Gasteiger partial charge in [0, 0.05) is 0 Å². The van der Waals surface area contributed by atoms with Gasteiger partial charge >= 0.3 is 0 Å². The minimum Gasteiger partial charge on any atom is -0.394 e. The summed E-state index contributed by atoms with van der Waals surface area (Å²) in [4.78, 5) is 12.8. The van der Waals surface area contributed by atoms with E-state index in [1.54, 1.807) is 0 Å². The second-order valence-corrected chi connectivity index (χ2v) is 4.34. The fourth-order valence-electron chi connectivity index (χ4n) is 1.74. The number of hydrogen-bond donors (Lipinski definition) is 3. The zero-order valence-corrected chi connectivity index (χ0v) is 11.6. The molecule has 7 heteroatoms. The van der Waals surface area contributed by atoms with Crippen LogP contribution in [0.2, 0.25) is 5.28 Å². The number of benzene rings is 1. The molecule has 2 aromatic rings. The van der Waals surface area contributed by atoms with Gasteiger partial charge in [0.15, 0.2) is 5.82 Å². The van der Waals surface area contributed by atoms with E-state index >= 15 is 0 Å². The molecular formula is C13H15ClN4O2. The Bertz CT molecular complexity index is 553. The van der Waals surface area contributed by atoms with Crippen molar-refractivity contribution in [1.82, 2.24) is 9.97 Å². The predicted octanol–water partition coefficient (Wildman–Crippen LogP) is 2.25. The van der Waals surface area contributed by atoms with Gasteiger partial charge in [0.2, 0.25) is 5.28 Å². The molecule has 0 aliphatic carbocycles. The number of nitrogens with zero attached hydrogens (tertiary/aromatic N) is 2. The van der Waals surface area contributed by atoms with E-state index in [1.807, 2.05) is 30.3 Å². The lowest BCUT2D eigenvalue weighted by molar-refractivity contribution is 0.269. The largest absolute Gasteiger partial charge is 0.394 e. The molecule has 0 bridgehead atoms. The van der Waals surface area contributed by atoms with Crippen LogP contribution in [0.25, 0.3) is 0 Å². The van der Waals surface area contributed by atoms with Gasteiger partial charge in [-0.3, -0.25) is 10.3 Å². The van der Waals surface area contributed by atoms with Crippen LogP contribution in [0, 0.1) is 0 Å². The van der Waals surface area contributed by atoms with Crippen LogP contribution >= 0.6 is 11.6 Å². The summed E-state index contributed by atoms with van der Waals surface area (Å²) in [5, 5.41) is 12.8. The van der Waals surface area contributed by atoms with E-state index in [0.29, 0.717) is 11.5 Å². The van der Waals surface area contributed by atoms with Crippen molar-refractivity contribution in [3.63, 3.8) is 0 Å². The van der Waals surface area contributed by atoms with Crippen molar-refractivity contribution in [3.05, 3.63) is 47.4 Å². The summed E-state index contributed by atoms with van der Waals surface area (Å²) in [6.45, 7) is -0.0853. The Morgan fingerprint density at radius 2 is 2.10 bits per heavy atom. The molecule has 1 aromatic carbocycles. The topological polar surface area (TPSA) is 79.3 Å². The number of halogens is 1. The van der Waals surface area contributed by atoms with Gasteiger partial charge in [0.1, 0.15) is 5.69 Å². The van der Waals surface area contributed by atoms with Crippen molar-refractivity contribution >= 4 is 23.1 Å². The second kappa shape index (κ2) is 7.04. The molecule has 20 heavy (non-hydrogen) atoms. The molecular weight excluding hydrogens is 280 g/mol. The molecule has 2 rings (SSSR count). The molecule has 0 amide bonds. The number of hydrogen-bond acceptors (Lipinski definition) is 6. The number of nitrogens with one attached hydrogen (secondary N) is 2. The Morgan fingerprint density at radius 3 is 2.75 bits per heavy atom. The van der Waals surface area contributed by atoms with E-state index in [1.165, 1.54) is 13.3 Å².